The zero-order valence-corrected chi connectivity index (χ0v) is 21.9. The standard InChI is InChI=1S/C30H33N7O/c1-3-32-29(38)36-16-12-21(13-17-36)28-34-25(26-27(31)33-15-18-37(26)28)22-10-9-20-11-14-30(2,35-24(20)19-22)23-7-5-4-6-8-23/h4-11,15,18-19,21H,3,12-14,16-17H2,1-2H3,(H2,31,33)(H,32,38)/t30-/m1/s1. The molecule has 6 rings (SSSR count). The van der Waals surface area contributed by atoms with Crippen molar-refractivity contribution >= 4 is 23.4 Å². The largest absolute Gasteiger partial charge is 0.382 e. The number of nitrogen functional groups attached to an aromatic ring is 1. The van der Waals surface area contributed by atoms with E-state index in [1.54, 1.807) is 6.20 Å². The maximum absolute atomic E-state index is 12.3. The molecule has 2 aliphatic heterocycles. The van der Waals surface area contributed by atoms with Gasteiger partial charge in [0, 0.05) is 43.5 Å². The van der Waals surface area contributed by atoms with Crippen molar-refractivity contribution in [2.75, 3.05) is 25.4 Å². The van der Waals surface area contributed by atoms with Crippen molar-refractivity contribution in [3.8, 4) is 11.3 Å². The third-order valence-electron chi connectivity index (χ3n) is 7.87. The van der Waals surface area contributed by atoms with E-state index in [4.69, 9.17) is 15.7 Å². The maximum Gasteiger partial charge on any atom is 0.317 e. The minimum Gasteiger partial charge on any atom is -0.382 e. The number of carbonyl (C=O) groups is 1. The molecule has 0 unspecified atom stereocenters. The number of benzene rings is 2. The zero-order chi connectivity index (χ0) is 26.3. The summed E-state index contributed by atoms with van der Waals surface area (Å²) in [6.07, 6.45) is 8.49. The normalized spacial score (nSPS) is 19.5. The molecule has 2 amide bonds. The zero-order valence-electron chi connectivity index (χ0n) is 21.9. The Morgan fingerprint density at radius 2 is 1.95 bits per heavy atom. The Morgan fingerprint density at radius 3 is 2.71 bits per heavy atom. The Labute approximate surface area is 221 Å². The Kier molecular flexibility index (Phi) is 6.10. The number of nitrogens with zero attached hydrogens (tertiary/aromatic N) is 5. The summed E-state index contributed by atoms with van der Waals surface area (Å²) >= 11 is 0. The first-order valence-electron chi connectivity index (χ1n) is 13.4. The summed E-state index contributed by atoms with van der Waals surface area (Å²) in [5, 5.41) is 5.00. The molecule has 0 saturated carbocycles. The quantitative estimate of drug-likeness (QED) is 0.441. The van der Waals surface area contributed by atoms with Crippen molar-refractivity contribution in [1.29, 1.82) is 0 Å². The molecule has 0 radical (unpaired) electrons. The number of amides is 2. The van der Waals surface area contributed by atoms with Gasteiger partial charge in [-0.15, -0.1) is 0 Å². The fourth-order valence-corrected chi connectivity index (χ4v) is 5.74. The lowest BCUT2D eigenvalue weighted by Gasteiger charge is -2.31. The Balaban J connectivity index is 1.40. The van der Waals surface area contributed by atoms with Crippen LogP contribution >= 0.6 is 0 Å². The van der Waals surface area contributed by atoms with Crippen LogP contribution < -0.4 is 21.6 Å². The van der Waals surface area contributed by atoms with E-state index in [0.717, 1.165) is 52.4 Å². The second-order valence-electron chi connectivity index (χ2n) is 10.4. The van der Waals surface area contributed by atoms with Gasteiger partial charge in [-0.3, -0.25) is 9.39 Å². The molecule has 194 valence electrons. The van der Waals surface area contributed by atoms with Crippen LogP contribution in [-0.2, 0) is 5.54 Å². The molecule has 1 saturated heterocycles. The van der Waals surface area contributed by atoms with E-state index in [-0.39, 0.29) is 17.5 Å². The average Bonchev–Trinajstić information content (AvgIpc) is 3.34. The summed E-state index contributed by atoms with van der Waals surface area (Å²) in [4.78, 5) is 29.0. The maximum atomic E-state index is 12.3. The highest BCUT2D eigenvalue weighted by Crippen LogP contribution is 2.34. The van der Waals surface area contributed by atoms with Crippen molar-refractivity contribution in [2.45, 2.75) is 44.6 Å². The highest BCUT2D eigenvalue weighted by Gasteiger charge is 2.29. The van der Waals surface area contributed by atoms with Crippen molar-refractivity contribution < 1.29 is 4.79 Å². The van der Waals surface area contributed by atoms with Gasteiger partial charge in [0.1, 0.15) is 22.9 Å². The third kappa shape index (κ3) is 4.20. The number of urea groups is 1. The van der Waals surface area contributed by atoms with Gasteiger partial charge in [-0.2, -0.15) is 0 Å². The van der Waals surface area contributed by atoms with Crippen LogP contribution in [0.5, 0.6) is 0 Å². The predicted molar refractivity (Wildman–Crippen MR) is 149 cm³/mol. The first-order chi connectivity index (χ1) is 18.5. The number of piperidine rings is 1. The summed E-state index contributed by atoms with van der Waals surface area (Å²) in [6.45, 7) is 6.16. The topological polar surface area (TPSA) is 101 Å². The molecule has 0 spiro atoms. The van der Waals surface area contributed by atoms with E-state index in [1.807, 2.05) is 24.1 Å². The molecular weight excluding hydrogens is 474 g/mol. The van der Waals surface area contributed by atoms with Crippen LogP contribution in [0.4, 0.5) is 10.6 Å². The molecule has 8 heteroatoms. The number of nitrogens with one attached hydrogen (secondary N) is 1. The summed E-state index contributed by atoms with van der Waals surface area (Å²) in [6, 6.07) is 16.8. The SMILES string of the molecule is CCNC(=O)N1CCC(c2nc(-c3ccc4c(c3)=N[C@@](C)(c3ccccc3)CC=4)c3c(N)nccn23)CC1. The number of anilines is 1. The van der Waals surface area contributed by atoms with Gasteiger partial charge >= 0.3 is 6.03 Å². The van der Waals surface area contributed by atoms with E-state index in [1.165, 1.54) is 5.56 Å². The molecule has 1 fully saturated rings. The summed E-state index contributed by atoms with van der Waals surface area (Å²) in [5.74, 6) is 1.65. The van der Waals surface area contributed by atoms with Crippen molar-refractivity contribution in [2.24, 2.45) is 4.99 Å². The van der Waals surface area contributed by atoms with Crippen LogP contribution in [-0.4, -0.2) is 44.9 Å². The summed E-state index contributed by atoms with van der Waals surface area (Å²) < 4.78 is 2.08. The van der Waals surface area contributed by atoms with Gasteiger partial charge in [0.2, 0.25) is 0 Å². The van der Waals surface area contributed by atoms with Gasteiger partial charge in [-0.05, 0) is 50.0 Å². The van der Waals surface area contributed by atoms with E-state index in [9.17, 15) is 4.79 Å². The summed E-state index contributed by atoms with van der Waals surface area (Å²) in [7, 11) is 0. The number of rotatable bonds is 4. The Bertz CT molecular complexity index is 1620. The van der Waals surface area contributed by atoms with Crippen molar-refractivity contribution in [3.05, 3.63) is 82.9 Å². The molecule has 38 heavy (non-hydrogen) atoms. The number of nitrogens with two attached hydrogens (primary N) is 1. The molecule has 4 heterocycles. The molecule has 0 bridgehead atoms. The van der Waals surface area contributed by atoms with Crippen LogP contribution in [0.15, 0.2) is 65.9 Å². The minimum absolute atomic E-state index is 0.00479. The lowest BCUT2D eigenvalue weighted by molar-refractivity contribution is 0.181. The Hall–Kier alpha value is -4.20. The van der Waals surface area contributed by atoms with Crippen LogP contribution in [0.2, 0.25) is 0 Å². The van der Waals surface area contributed by atoms with Gasteiger partial charge in [-0.25, -0.2) is 14.8 Å². The highest BCUT2D eigenvalue weighted by molar-refractivity contribution is 5.85. The molecule has 3 N–H and O–H groups in total. The third-order valence-corrected chi connectivity index (χ3v) is 7.87. The first kappa shape index (κ1) is 24.2. The van der Waals surface area contributed by atoms with Crippen molar-refractivity contribution in [1.82, 2.24) is 24.6 Å². The van der Waals surface area contributed by atoms with Crippen molar-refractivity contribution in [3.63, 3.8) is 0 Å². The van der Waals surface area contributed by atoms with Gasteiger partial charge in [-0.1, -0.05) is 48.5 Å². The predicted octanol–water partition coefficient (Wildman–Crippen LogP) is 3.61. The van der Waals surface area contributed by atoms with Crippen LogP contribution in [0.25, 0.3) is 22.9 Å². The number of carbonyl (C=O) groups excluding carboxylic acids is 1. The monoisotopic (exact) mass is 507 g/mol. The van der Waals surface area contributed by atoms with Gasteiger partial charge < -0.3 is 16.0 Å². The van der Waals surface area contributed by atoms with E-state index >= 15 is 0 Å². The molecule has 2 aromatic carbocycles. The van der Waals surface area contributed by atoms with Crippen LogP contribution in [0.1, 0.15) is 50.4 Å². The van der Waals surface area contributed by atoms with Gasteiger partial charge in [0.15, 0.2) is 0 Å². The number of aromatic nitrogens is 3. The van der Waals surface area contributed by atoms with E-state index < -0.39 is 0 Å². The second-order valence-corrected chi connectivity index (χ2v) is 10.4. The Morgan fingerprint density at radius 1 is 1.16 bits per heavy atom. The molecule has 1 atom stereocenters. The lowest BCUT2D eigenvalue weighted by atomic mass is 9.87. The van der Waals surface area contributed by atoms with E-state index in [2.05, 4.69) is 70.2 Å². The van der Waals surface area contributed by atoms with Gasteiger partial charge in [0.05, 0.1) is 10.9 Å². The number of fused-ring (bicyclic) bond motifs is 2. The molecule has 0 aliphatic carbocycles. The second kappa shape index (κ2) is 9.59. The number of hydrogen-bond acceptors (Lipinski definition) is 5. The smallest absolute Gasteiger partial charge is 0.317 e. The number of imidazole rings is 1. The average molecular weight is 508 g/mol. The van der Waals surface area contributed by atoms with E-state index in [0.29, 0.717) is 25.5 Å². The molecule has 8 nitrogen and oxygen atoms in total. The van der Waals surface area contributed by atoms with Crippen LogP contribution in [0.3, 0.4) is 0 Å². The summed E-state index contributed by atoms with van der Waals surface area (Å²) in [5.41, 5.74) is 9.93. The lowest BCUT2D eigenvalue weighted by Crippen LogP contribution is -2.44. The highest BCUT2D eigenvalue weighted by atomic mass is 16.2. The fourth-order valence-electron chi connectivity index (χ4n) is 5.74. The van der Waals surface area contributed by atoms with Crippen LogP contribution in [0, 0.1) is 0 Å². The number of likely N-dealkylation sites (tertiary alicyclic amines) is 1. The minimum atomic E-state index is -0.313. The molecule has 2 aromatic heterocycles. The van der Waals surface area contributed by atoms with Gasteiger partial charge in [0.25, 0.3) is 0 Å². The number of hydrogen-bond donors (Lipinski definition) is 2. The first-order valence-corrected chi connectivity index (χ1v) is 13.4. The molecular formula is C30H33N7O. The molecule has 2 aliphatic rings. The molecule has 4 aromatic rings. The fraction of sp³-hybridized carbons (Fsp3) is 0.333.